The average Bonchev–Trinajstić information content (AvgIpc) is 3.49. The number of nitrogens with zero attached hydrogens (tertiary/aromatic N) is 3. The maximum absolute atomic E-state index is 13.5. The van der Waals surface area contributed by atoms with Gasteiger partial charge in [0.2, 0.25) is 0 Å². The van der Waals surface area contributed by atoms with Gasteiger partial charge in [0.1, 0.15) is 6.33 Å². The first-order valence-electron chi connectivity index (χ1n) is 19.1. The van der Waals surface area contributed by atoms with Gasteiger partial charge in [-0.25, -0.2) is 9.67 Å². The number of fused-ring (bicyclic) bond motifs is 3. The van der Waals surface area contributed by atoms with Crippen molar-refractivity contribution in [3.8, 4) is 0 Å². The van der Waals surface area contributed by atoms with Crippen LogP contribution >= 0.6 is 15.9 Å². The number of carboxylic acids is 1. The first-order chi connectivity index (χ1) is 23.1. The molecule has 2 saturated heterocycles. The largest absolute Gasteiger partial charge is 0.481 e. The van der Waals surface area contributed by atoms with Gasteiger partial charge in [-0.1, -0.05) is 60.1 Å². The van der Waals surface area contributed by atoms with Gasteiger partial charge in [0, 0.05) is 29.6 Å². The number of hydrogen-bond acceptors (Lipinski definition) is 7. The molecule has 1 aromatic heterocycles. The molecule has 2 aliphatic heterocycles. The zero-order valence-corrected chi connectivity index (χ0v) is 32.8. The van der Waals surface area contributed by atoms with Crippen LogP contribution in [0, 0.1) is 56.7 Å². The summed E-state index contributed by atoms with van der Waals surface area (Å²) in [6.45, 7) is 19.8. The number of aromatic nitrogens is 3. The molecule has 10 heteroatoms. The predicted molar refractivity (Wildman–Crippen MR) is 192 cm³/mol. The van der Waals surface area contributed by atoms with Gasteiger partial charge >= 0.3 is 5.97 Å². The summed E-state index contributed by atoms with van der Waals surface area (Å²) in [5.74, 6) is 0.464. The minimum absolute atomic E-state index is 0.0233. The fraction of sp³-hybridized carbons (Fsp3) is 0.872. The zero-order valence-electron chi connectivity index (χ0n) is 31.2. The van der Waals surface area contributed by atoms with E-state index in [1.807, 2.05) is 0 Å². The molecule has 274 valence electrons. The van der Waals surface area contributed by atoms with E-state index in [1.54, 1.807) is 6.33 Å². The number of rotatable bonds is 8. The molecule has 7 rings (SSSR count). The van der Waals surface area contributed by atoms with Gasteiger partial charge in [0.25, 0.3) is 0 Å². The Morgan fingerprint density at radius 1 is 1.08 bits per heavy atom. The number of ether oxygens (including phenoxy) is 3. The first kappa shape index (κ1) is 36.0. The molecule has 5 fully saturated rings. The van der Waals surface area contributed by atoms with Crippen LogP contribution in [0.15, 0.2) is 22.7 Å². The van der Waals surface area contributed by atoms with Gasteiger partial charge in [-0.15, -0.1) is 0 Å². The maximum atomic E-state index is 13.5. The highest BCUT2D eigenvalue weighted by molar-refractivity contribution is 9.10. The van der Waals surface area contributed by atoms with E-state index in [9.17, 15) is 9.90 Å². The molecule has 0 spiro atoms. The number of aliphatic carboxylic acids is 1. The van der Waals surface area contributed by atoms with Crippen LogP contribution < -0.4 is 5.32 Å². The standard InChI is InChI=1S/C39H61BrN4O5/c1-24(2)25(3)34(4)13-14-36(6)26-9-10-29-35(5)20-48-22-39(29,27(26)11-12-37(36,7)30(34)32(45)46)19-28(44-33(40)42-23-43-44)31(35)49-21-38(41-8)15-17-47-18-16-38/h11,23-26,28-31,41H,9-10,12-22H2,1-8H3,(H,45,46)/t25-,26+,28-,29+,30-,31+,34-,35+,36-,37+,39?/m1/s1. The van der Waals surface area contributed by atoms with Crippen LogP contribution in [-0.4, -0.2) is 77.6 Å². The Hall–Kier alpha value is -1.33. The van der Waals surface area contributed by atoms with E-state index in [4.69, 9.17) is 19.3 Å². The van der Waals surface area contributed by atoms with Crippen molar-refractivity contribution in [3.05, 3.63) is 22.7 Å². The average molecular weight is 746 g/mol. The van der Waals surface area contributed by atoms with Crippen LogP contribution in [0.25, 0.3) is 0 Å². The second kappa shape index (κ2) is 12.4. The third-order valence-corrected chi connectivity index (χ3v) is 17.0. The van der Waals surface area contributed by atoms with E-state index in [-0.39, 0.29) is 44.8 Å². The Bertz CT molecular complexity index is 1460. The van der Waals surface area contributed by atoms with Crippen LogP contribution in [0.5, 0.6) is 0 Å². The molecule has 4 aliphatic carbocycles. The molecule has 11 atom stereocenters. The number of likely N-dealkylation sites (N-methyl/N-ethyl adjacent to an activating group) is 1. The third-order valence-electron chi connectivity index (χ3n) is 16.5. The van der Waals surface area contributed by atoms with E-state index in [0.29, 0.717) is 43.5 Å². The molecule has 3 heterocycles. The summed E-state index contributed by atoms with van der Waals surface area (Å²) in [6, 6.07) is -0.0233. The monoisotopic (exact) mass is 744 g/mol. The number of carboxylic acid groups (broad SMARTS) is 1. The minimum atomic E-state index is -0.613. The quantitative estimate of drug-likeness (QED) is 0.267. The van der Waals surface area contributed by atoms with Crippen molar-refractivity contribution in [2.75, 3.05) is 40.1 Å². The van der Waals surface area contributed by atoms with Gasteiger partial charge < -0.3 is 24.6 Å². The Labute approximate surface area is 302 Å². The lowest BCUT2D eigenvalue weighted by Gasteiger charge is -2.71. The number of allylic oxidation sites excluding steroid dienone is 1. The van der Waals surface area contributed by atoms with E-state index in [1.165, 1.54) is 5.57 Å². The normalized spacial score (nSPS) is 45.1. The molecule has 49 heavy (non-hydrogen) atoms. The lowest BCUT2D eigenvalue weighted by Crippen LogP contribution is -2.69. The molecular weight excluding hydrogens is 684 g/mol. The summed E-state index contributed by atoms with van der Waals surface area (Å²) in [4.78, 5) is 18.0. The Kier molecular flexibility index (Phi) is 9.11. The molecule has 0 aromatic carbocycles. The molecule has 0 amide bonds. The second-order valence-corrected chi connectivity index (χ2v) is 19.2. The number of hydrogen-bond donors (Lipinski definition) is 2. The van der Waals surface area contributed by atoms with Gasteiger partial charge in [0.05, 0.1) is 37.9 Å². The Morgan fingerprint density at radius 2 is 1.82 bits per heavy atom. The maximum Gasteiger partial charge on any atom is 0.307 e. The Balaban J connectivity index is 1.30. The molecule has 9 nitrogen and oxygen atoms in total. The fourth-order valence-corrected chi connectivity index (χ4v) is 13.5. The van der Waals surface area contributed by atoms with Crippen molar-refractivity contribution in [1.82, 2.24) is 20.1 Å². The lowest BCUT2D eigenvalue weighted by molar-refractivity contribution is -0.254. The summed E-state index contributed by atoms with van der Waals surface area (Å²) < 4.78 is 22.5. The summed E-state index contributed by atoms with van der Waals surface area (Å²) in [5, 5.41) is 19.5. The molecule has 2 bridgehead atoms. The minimum Gasteiger partial charge on any atom is -0.481 e. The van der Waals surface area contributed by atoms with Gasteiger partial charge in [-0.3, -0.25) is 4.79 Å². The van der Waals surface area contributed by atoms with E-state index >= 15 is 0 Å². The van der Waals surface area contributed by atoms with Gasteiger partial charge in [-0.05, 0) is 114 Å². The molecule has 2 N–H and O–H groups in total. The van der Waals surface area contributed by atoms with Crippen LogP contribution in [0.4, 0.5) is 0 Å². The first-order valence-corrected chi connectivity index (χ1v) is 19.9. The van der Waals surface area contributed by atoms with E-state index in [0.717, 1.165) is 69.3 Å². The lowest BCUT2D eigenvalue weighted by atomic mass is 9.34. The van der Waals surface area contributed by atoms with Crippen molar-refractivity contribution in [3.63, 3.8) is 0 Å². The highest BCUT2D eigenvalue weighted by atomic mass is 79.9. The van der Waals surface area contributed by atoms with E-state index in [2.05, 4.69) is 92.5 Å². The van der Waals surface area contributed by atoms with Crippen LogP contribution in [0.2, 0.25) is 0 Å². The zero-order chi connectivity index (χ0) is 35.2. The smallest absolute Gasteiger partial charge is 0.307 e. The van der Waals surface area contributed by atoms with Crippen LogP contribution in [0.3, 0.4) is 0 Å². The highest BCUT2D eigenvalue weighted by Gasteiger charge is 2.72. The van der Waals surface area contributed by atoms with Crippen LogP contribution in [0.1, 0.15) is 106 Å². The molecular formula is C39H61BrN4O5. The second-order valence-electron chi connectivity index (χ2n) is 18.5. The highest BCUT2D eigenvalue weighted by Crippen LogP contribution is 2.75. The van der Waals surface area contributed by atoms with Crippen LogP contribution in [-0.2, 0) is 19.0 Å². The molecule has 6 aliphatic rings. The van der Waals surface area contributed by atoms with Crippen molar-refractivity contribution in [2.24, 2.45) is 56.7 Å². The SMILES string of the molecule is CNC1(CO[C@H]2[C@H](n3ncnc3Br)CC34COC[C@@]2(C)[C@@H]3CC[C@H]2C4=CC[C@@]3(C)[C@H](C(=O)O)[C@@](C)([C@H](C)C(C)C)CC[C@]23C)CCOCC1. The summed E-state index contributed by atoms with van der Waals surface area (Å²) >= 11 is 3.75. The van der Waals surface area contributed by atoms with Gasteiger partial charge in [-0.2, -0.15) is 5.10 Å². The molecule has 3 saturated carbocycles. The van der Waals surface area contributed by atoms with Crippen molar-refractivity contribution < 1.29 is 24.1 Å². The summed E-state index contributed by atoms with van der Waals surface area (Å²) in [5.41, 5.74) is 0.302. The van der Waals surface area contributed by atoms with Gasteiger partial charge in [0.15, 0.2) is 4.73 Å². The molecule has 0 radical (unpaired) electrons. The van der Waals surface area contributed by atoms with Crippen molar-refractivity contribution in [2.45, 2.75) is 118 Å². The molecule has 1 unspecified atom stereocenters. The van der Waals surface area contributed by atoms with Crippen molar-refractivity contribution in [1.29, 1.82) is 0 Å². The van der Waals surface area contributed by atoms with Crippen molar-refractivity contribution >= 4 is 21.9 Å². The number of carbonyl (C=O) groups is 1. The number of halogens is 1. The third kappa shape index (κ3) is 5.06. The topological polar surface area (TPSA) is 108 Å². The fourth-order valence-electron chi connectivity index (χ4n) is 13.1. The number of nitrogens with one attached hydrogen (secondary N) is 1. The summed E-state index contributed by atoms with van der Waals surface area (Å²) in [7, 11) is 2.05. The predicted octanol–water partition coefficient (Wildman–Crippen LogP) is 7.32. The molecule has 1 aromatic rings. The Morgan fingerprint density at radius 3 is 2.45 bits per heavy atom. The van der Waals surface area contributed by atoms with E-state index < -0.39 is 11.9 Å². The summed E-state index contributed by atoms with van der Waals surface area (Å²) in [6.07, 6.45) is 11.8.